The summed E-state index contributed by atoms with van der Waals surface area (Å²) in [5, 5.41) is 18.4. The number of carbonyl (C=O) groups is 2. The summed E-state index contributed by atoms with van der Waals surface area (Å²) in [6.07, 6.45) is 3.80. The average molecular weight is 516 g/mol. The first-order valence-corrected chi connectivity index (χ1v) is 13.1. The van der Waals surface area contributed by atoms with E-state index in [2.05, 4.69) is 30.8 Å². The molecule has 2 amide bonds. The van der Waals surface area contributed by atoms with Crippen LogP contribution in [0.2, 0.25) is 0 Å². The summed E-state index contributed by atoms with van der Waals surface area (Å²) >= 11 is 0. The molecule has 4 N–H and O–H groups in total. The van der Waals surface area contributed by atoms with Crippen molar-refractivity contribution in [3.05, 3.63) is 60.8 Å². The third-order valence-electron chi connectivity index (χ3n) is 6.93. The predicted octanol–water partition coefficient (Wildman–Crippen LogP) is 2.61. The molecular weight excluding hydrogens is 482 g/mol. The summed E-state index contributed by atoms with van der Waals surface area (Å²) in [7, 11) is 0. The van der Waals surface area contributed by atoms with Crippen molar-refractivity contribution in [2.24, 2.45) is 0 Å². The zero-order valence-electron chi connectivity index (χ0n) is 21.3. The van der Waals surface area contributed by atoms with Gasteiger partial charge in [-0.1, -0.05) is 12.1 Å². The van der Waals surface area contributed by atoms with E-state index in [0.717, 1.165) is 60.8 Å². The number of rotatable bonds is 8. The highest BCUT2D eigenvalue weighted by Gasteiger charge is 2.22. The highest BCUT2D eigenvalue weighted by molar-refractivity contribution is 5.95. The topological polar surface area (TPSA) is 123 Å². The highest BCUT2D eigenvalue weighted by Crippen LogP contribution is 2.24. The predicted molar refractivity (Wildman–Crippen MR) is 147 cm³/mol. The van der Waals surface area contributed by atoms with Gasteiger partial charge in [-0.25, -0.2) is 9.97 Å². The number of hydrogen-bond donors (Lipinski definition) is 4. The van der Waals surface area contributed by atoms with Crippen LogP contribution in [0.5, 0.6) is 0 Å². The van der Waals surface area contributed by atoms with Crippen molar-refractivity contribution in [2.45, 2.75) is 25.3 Å². The smallest absolute Gasteiger partial charge is 0.241 e. The first-order chi connectivity index (χ1) is 18.6. The molecule has 1 aromatic heterocycles. The first kappa shape index (κ1) is 25.6. The Morgan fingerprint density at radius 2 is 1.71 bits per heavy atom. The second-order valence-corrected chi connectivity index (χ2v) is 9.49. The van der Waals surface area contributed by atoms with E-state index in [-0.39, 0.29) is 30.9 Å². The Hall–Kier alpha value is -4.02. The lowest BCUT2D eigenvalue weighted by Crippen LogP contribution is -2.48. The molecule has 10 heteroatoms. The SMILES string of the molecule is O=C(Nc1ccc(-c2ccnc(Nc3ccc(N4CCN(C(=O)CCO)CC4)cc3)n2)cc1)[C@@H]1CCCN1. The molecule has 5 rings (SSSR count). The van der Waals surface area contributed by atoms with E-state index in [1.54, 1.807) is 6.20 Å². The standard InChI is InChI=1S/C28H33N7O3/c36-19-12-26(37)35-17-15-34(16-18-35)23-9-7-22(8-10-23)32-28-30-14-11-24(33-28)20-3-5-21(6-4-20)31-27(38)25-2-1-13-29-25/h3-11,14,25,29,36H,1-2,12-13,15-19H2,(H,31,38)(H,30,32,33)/t25-/m0/s1. The van der Waals surface area contributed by atoms with Crippen LogP contribution in [0.4, 0.5) is 23.0 Å². The number of amides is 2. The second-order valence-electron chi connectivity index (χ2n) is 9.49. The highest BCUT2D eigenvalue weighted by atomic mass is 16.3. The summed E-state index contributed by atoms with van der Waals surface area (Å²) in [6, 6.07) is 17.5. The number of aliphatic hydroxyl groups is 1. The van der Waals surface area contributed by atoms with Crippen molar-refractivity contribution in [2.75, 3.05) is 54.9 Å². The van der Waals surface area contributed by atoms with Crippen molar-refractivity contribution in [3.8, 4) is 11.3 Å². The van der Waals surface area contributed by atoms with Gasteiger partial charge in [0.05, 0.1) is 18.3 Å². The van der Waals surface area contributed by atoms with Gasteiger partial charge in [0.15, 0.2) is 0 Å². The molecule has 0 bridgehead atoms. The van der Waals surface area contributed by atoms with Gasteiger partial charge in [0, 0.05) is 61.4 Å². The van der Waals surface area contributed by atoms with Gasteiger partial charge in [-0.3, -0.25) is 9.59 Å². The number of aliphatic hydroxyl groups excluding tert-OH is 1. The number of nitrogens with one attached hydrogen (secondary N) is 3. The number of anilines is 4. The van der Waals surface area contributed by atoms with Gasteiger partial charge in [0.25, 0.3) is 0 Å². The molecule has 0 aliphatic carbocycles. The van der Waals surface area contributed by atoms with Crippen LogP contribution in [0, 0.1) is 0 Å². The van der Waals surface area contributed by atoms with Gasteiger partial charge in [0.2, 0.25) is 17.8 Å². The average Bonchev–Trinajstić information content (AvgIpc) is 3.50. The van der Waals surface area contributed by atoms with Gasteiger partial charge >= 0.3 is 0 Å². The molecule has 3 heterocycles. The van der Waals surface area contributed by atoms with E-state index in [1.165, 1.54) is 0 Å². The van der Waals surface area contributed by atoms with E-state index in [4.69, 9.17) is 5.11 Å². The molecule has 2 saturated heterocycles. The van der Waals surface area contributed by atoms with Crippen LogP contribution in [-0.2, 0) is 9.59 Å². The van der Waals surface area contributed by atoms with Crippen molar-refractivity contribution in [1.29, 1.82) is 0 Å². The quantitative estimate of drug-likeness (QED) is 0.361. The molecule has 10 nitrogen and oxygen atoms in total. The fourth-order valence-corrected chi connectivity index (χ4v) is 4.79. The zero-order chi connectivity index (χ0) is 26.3. The lowest BCUT2D eigenvalue weighted by Gasteiger charge is -2.36. The molecule has 38 heavy (non-hydrogen) atoms. The Kier molecular flexibility index (Phi) is 8.10. The largest absolute Gasteiger partial charge is 0.396 e. The van der Waals surface area contributed by atoms with Gasteiger partial charge in [-0.05, 0) is 61.9 Å². The minimum Gasteiger partial charge on any atom is -0.396 e. The minimum atomic E-state index is -0.113. The maximum Gasteiger partial charge on any atom is 0.241 e. The number of nitrogens with zero attached hydrogens (tertiary/aromatic N) is 4. The molecule has 1 atom stereocenters. The minimum absolute atomic E-state index is 0.00481. The zero-order valence-corrected chi connectivity index (χ0v) is 21.3. The van der Waals surface area contributed by atoms with Gasteiger partial charge in [-0.2, -0.15) is 0 Å². The number of hydrogen-bond acceptors (Lipinski definition) is 8. The summed E-state index contributed by atoms with van der Waals surface area (Å²) in [6.45, 7) is 3.61. The first-order valence-electron chi connectivity index (χ1n) is 13.1. The van der Waals surface area contributed by atoms with Crippen LogP contribution >= 0.6 is 0 Å². The van der Waals surface area contributed by atoms with E-state index < -0.39 is 0 Å². The van der Waals surface area contributed by atoms with Crippen LogP contribution in [-0.4, -0.2) is 77.2 Å². The summed E-state index contributed by atoms with van der Waals surface area (Å²) in [4.78, 5) is 37.4. The van der Waals surface area contributed by atoms with Crippen LogP contribution in [0.3, 0.4) is 0 Å². The number of aromatic nitrogens is 2. The Morgan fingerprint density at radius 1 is 0.974 bits per heavy atom. The molecule has 0 radical (unpaired) electrons. The normalized spacial score (nSPS) is 17.3. The molecule has 2 aliphatic heterocycles. The van der Waals surface area contributed by atoms with Crippen LogP contribution < -0.4 is 20.9 Å². The second kappa shape index (κ2) is 12.0. The Balaban J connectivity index is 1.17. The number of carbonyl (C=O) groups excluding carboxylic acids is 2. The maximum absolute atomic E-state index is 12.3. The molecule has 0 spiro atoms. The molecule has 0 unspecified atom stereocenters. The number of piperazine rings is 1. The van der Waals surface area contributed by atoms with Crippen molar-refractivity contribution >= 4 is 34.8 Å². The van der Waals surface area contributed by atoms with Crippen LogP contribution in [0.25, 0.3) is 11.3 Å². The van der Waals surface area contributed by atoms with Crippen molar-refractivity contribution in [3.63, 3.8) is 0 Å². The molecular formula is C28H33N7O3. The van der Waals surface area contributed by atoms with Crippen molar-refractivity contribution in [1.82, 2.24) is 20.2 Å². The van der Waals surface area contributed by atoms with Crippen LogP contribution in [0.1, 0.15) is 19.3 Å². The molecule has 2 aliphatic rings. The van der Waals surface area contributed by atoms with E-state index in [1.807, 2.05) is 59.5 Å². The molecule has 2 aromatic carbocycles. The van der Waals surface area contributed by atoms with Gasteiger partial charge in [0.1, 0.15) is 0 Å². The maximum atomic E-state index is 12.3. The molecule has 198 valence electrons. The lowest BCUT2D eigenvalue weighted by molar-refractivity contribution is -0.132. The Bertz CT molecular complexity index is 1240. The third kappa shape index (κ3) is 6.27. The molecule has 3 aromatic rings. The van der Waals surface area contributed by atoms with E-state index >= 15 is 0 Å². The van der Waals surface area contributed by atoms with Gasteiger partial charge < -0.3 is 30.9 Å². The summed E-state index contributed by atoms with van der Waals surface area (Å²) in [5.74, 6) is 0.509. The van der Waals surface area contributed by atoms with E-state index in [9.17, 15) is 9.59 Å². The Morgan fingerprint density at radius 3 is 2.39 bits per heavy atom. The monoisotopic (exact) mass is 515 g/mol. The number of benzene rings is 2. The lowest BCUT2D eigenvalue weighted by atomic mass is 10.1. The van der Waals surface area contributed by atoms with Gasteiger partial charge in [-0.15, -0.1) is 0 Å². The fraction of sp³-hybridized carbons (Fsp3) is 0.357. The molecule has 0 saturated carbocycles. The van der Waals surface area contributed by atoms with Crippen molar-refractivity contribution < 1.29 is 14.7 Å². The Labute approximate surface area is 222 Å². The summed E-state index contributed by atoms with van der Waals surface area (Å²) in [5.41, 5.74) is 4.44. The molecule has 2 fully saturated rings. The summed E-state index contributed by atoms with van der Waals surface area (Å²) < 4.78 is 0. The fourth-order valence-electron chi connectivity index (χ4n) is 4.79. The third-order valence-corrected chi connectivity index (χ3v) is 6.93. The van der Waals surface area contributed by atoms with E-state index in [0.29, 0.717) is 19.0 Å². The van der Waals surface area contributed by atoms with Crippen LogP contribution in [0.15, 0.2) is 60.8 Å².